The van der Waals surface area contributed by atoms with E-state index in [9.17, 15) is 13.2 Å². The van der Waals surface area contributed by atoms with Gasteiger partial charge in [-0.25, -0.2) is 8.42 Å². The van der Waals surface area contributed by atoms with E-state index in [1.165, 1.54) is 37.4 Å². The highest BCUT2D eigenvalue weighted by molar-refractivity contribution is 7.92. The molecule has 0 saturated heterocycles. The minimum Gasteiger partial charge on any atom is -0.366 e. The van der Waals surface area contributed by atoms with Gasteiger partial charge >= 0.3 is 0 Å². The summed E-state index contributed by atoms with van der Waals surface area (Å²) in [7, 11) is -2.32. The lowest BCUT2D eigenvalue weighted by Crippen LogP contribution is -2.27. The first-order chi connectivity index (χ1) is 10.2. The van der Waals surface area contributed by atoms with E-state index in [0.29, 0.717) is 16.3 Å². The first kappa shape index (κ1) is 16.3. The lowest BCUT2D eigenvalue weighted by molar-refractivity contribution is 0.100. The van der Waals surface area contributed by atoms with Gasteiger partial charge in [-0.15, -0.1) is 0 Å². The van der Waals surface area contributed by atoms with E-state index >= 15 is 0 Å². The summed E-state index contributed by atoms with van der Waals surface area (Å²) < 4.78 is 26.4. The van der Waals surface area contributed by atoms with Gasteiger partial charge in [-0.2, -0.15) is 0 Å². The summed E-state index contributed by atoms with van der Waals surface area (Å²) in [4.78, 5) is 11.4. The molecule has 5 nitrogen and oxygen atoms in total. The van der Waals surface area contributed by atoms with Crippen LogP contribution in [-0.4, -0.2) is 21.4 Å². The van der Waals surface area contributed by atoms with Crippen LogP contribution in [0.4, 0.5) is 5.69 Å². The van der Waals surface area contributed by atoms with Gasteiger partial charge in [0.15, 0.2) is 0 Å². The van der Waals surface area contributed by atoms with Crippen molar-refractivity contribution in [1.82, 2.24) is 0 Å². The van der Waals surface area contributed by atoms with Gasteiger partial charge in [0.25, 0.3) is 10.0 Å². The second kappa shape index (κ2) is 5.98. The number of carbonyl (C=O) groups excluding carboxylic acids is 1. The molecule has 0 unspecified atom stereocenters. The van der Waals surface area contributed by atoms with Gasteiger partial charge in [-0.3, -0.25) is 9.10 Å². The Morgan fingerprint density at radius 3 is 2.27 bits per heavy atom. The molecule has 1 amide bonds. The molecule has 0 bridgehead atoms. The van der Waals surface area contributed by atoms with Crippen LogP contribution in [0.25, 0.3) is 0 Å². The second-order valence-electron chi connectivity index (χ2n) is 4.79. The molecular formula is C15H15ClN2O3S. The van der Waals surface area contributed by atoms with Crippen LogP contribution in [0.1, 0.15) is 15.9 Å². The van der Waals surface area contributed by atoms with Crippen LogP contribution in [0.3, 0.4) is 0 Å². The fraction of sp³-hybridized carbons (Fsp3) is 0.133. The standard InChI is InChI=1S/C15H15ClN2O3S/c1-10-3-4-11(15(17)19)9-14(10)18(2)22(20,21)13-7-5-12(16)6-8-13/h3-9H,1-2H3,(H2,17,19). The zero-order valence-corrected chi connectivity index (χ0v) is 13.6. The topological polar surface area (TPSA) is 80.5 Å². The Morgan fingerprint density at radius 1 is 1.14 bits per heavy atom. The number of rotatable bonds is 4. The lowest BCUT2D eigenvalue weighted by atomic mass is 10.1. The molecule has 0 aliphatic rings. The summed E-state index contributed by atoms with van der Waals surface area (Å²) in [6.07, 6.45) is 0. The Hall–Kier alpha value is -2.05. The molecule has 0 fully saturated rings. The Balaban J connectivity index is 2.50. The summed E-state index contributed by atoms with van der Waals surface area (Å²) in [5, 5.41) is 0.452. The number of benzene rings is 2. The summed E-state index contributed by atoms with van der Waals surface area (Å²) >= 11 is 5.78. The number of amides is 1. The van der Waals surface area contributed by atoms with Crippen molar-refractivity contribution < 1.29 is 13.2 Å². The first-order valence-corrected chi connectivity index (χ1v) is 8.20. The van der Waals surface area contributed by atoms with Gasteiger partial charge in [0.1, 0.15) is 0 Å². The van der Waals surface area contributed by atoms with Crippen molar-refractivity contribution in [3.8, 4) is 0 Å². The van der Waals surface area contributed by atoms with E-state index in [-0.39, 0.29) is 10.5 Å². The van der Waals surface area contributed by atoms with Crippen LogP contribution in [0.15, 0.2) is 47.4 Å². The van der Waals surface area contributed by atoms with Crippen LogP contribution in [0, 0.1) is 6.92 Å². The average Bonchev–Trinajstić information content (AvgIpc) is 2.47. The zero-order valence-electron chi connectivity index (χ0n) is 12.1. The number of nitrogens with zero attached hydrogens (tertiary/aromatic N) is 1. The van der Waals surface area contributed by atoms with Crippen LogP contribution in [-0.2, 0) is 10.0 Å². The number of primary amides is 1. The molecule has 2 aromatic carbocycles. The van der Waals surface area contributed by atoms with Crippen molar-refractivity contribution in [3.05, 3.63) is 58.6 Å². The molecule has 116 valence electrons. The number of aryl methyl sites for hydroxylation is 1. The number of carbonyl (C=O) groups is 1. The maximum Gasteiger partial charge on any atom is 0.264 e. The minimum absolute atomic E-state index is 0.114. The van der Waals surface area contributed by atoms with Crippen molar-refractivity contribution in [1.29, 1.82) is 0 Å². The molecule has 2 rings (SSSR count). The van der Waals surface area contributed by atoms with Crippen LogP contribution in [0.2, 0.25) is 5.02 Å². The van der Waals surface area contributed by atoms with E-state index in [1.54, 1.807) is 19.1 Å². The Kier molecular flexibility index (Phi) is 4.44. The molecular weight excluding hydrogens is 324 g/mol. The molecule has 0 aromatic heterocycles. The van der Waals surface area contributed by atoms with Crippen LogP contribution < -0.4 is 10.0 Å². The SMILES string of the molecule is Cc1ccc(C(N)=O)cc1N(C)S(=O)(=O)c1ccc(Cl)cc1. The number of nitrogens with two attached hydrogens (primary N) is 1. The van der Waals surface area contributed by atoms with Gasteiger partial charge in [0, 0.05) is 17.6 Å². The first-order valence-electron chi connectivity index (χ1n) is 6.38. The predicted octanol–water partition coefficient (Wildman–Crippen LogP) is 2.57. The number of sulfonamides is 1. The van der Waals surface area contributed by atoms with E-state index in [2.05, 4.69) is 0 Å². The van der Waals surface area contributed by atoms with Gasteiger partial charge in [-0.05, 0) is 48.9 Å². The number of halogens is 1. The molecule has 0 aliphatic heterocycles. The highest BCUT2D eigenvalue weighted by atomic mass is 35.5. The Labute approximate surface area is 134 Å². The molecule has 0 heterocycles. The van der Waals surface area contributed by atoms with E-state index in [4.69, 9.17) is 17.3 Å². The molecule has 0 aliphatic carbocycles. The van der Waals surface area contributed by atoms with Gasteiger partial charge in [0.05, 0.1) is 10.6 Å². The number of hydrogen-bond donors (Lipinski definition) is 1. The third-order valence-corrected chi connectivity index (χ3v) is 5.34. The van der Waals surface area contributed by atoms with Gasteiger partial charge < -0.3 is 5.73 Å². The molecule has 0 saturated carbocycles. The van der Waals surface area contributed by atoms with Crippen molar-refractivity contribution in [3.63, 3.8) is 0 Å². The van der Waals surface area contributed by atoms with E-state index in [0.717, 1.165) is 4.31 Å². The third kappa shape index (κ3) is 3.08. The fourth-order valence-electron chi connectivity index (χ4n) is 2.00. The smallest absolute Gasteiger partial charge is 0.264 e. The average molecular weight is 339 g/mol. The van der Waals surface area contributed by atoms with E-state index in [1.807, 2.05) is 0 Å². The molecule has 0 radical (unpaired) electrons. The monoisotopic (exact) mass is 338 g/mol. The van der Waals surface area contributed by atoms with Crippen molar-refractivity contribution in [2.45, 2.75) is 11.8 Å². The maximum absolute atomic E-state index is 12.6. The Morgan fingerprint density at radius 2 is 1.73 bits per heavy atom. The van der Waals surface area contributed by atoms with Gasteiger partial charge in [-0.1, -0.05) is 17.7 Å². The molecule has 0 spiro atoms. The lowest BCUT2D eigenvalue weighted by Gasteiger charge is -2.22. The highest BCUT2D eigenvalue weighted by Crippen LogP contribution is 2.27. The quantitative estimate of drug-likeness (QED) is 0.930. The minimum atomic E-state index is -3.75. The fourth-order valence-corrected chi connectivity index (χ4v) is 3.37. The third-order valence-electron chi connectivity index (χ3n) is 3.30. The molecule has 0 atom stereocenters. The highest BCUT2D eigenvalue weighted by Gasteiger charge is 2.23. The maximum atomic E-state index is 12.6. The van der Waals surface area contributed by atoms with Crippen molar-refractivity contribution in [2.75, 3.05) is 11.4 Å². The number of hydrogen-bond acceptors (Lipinski definition) is 3. The molecule has 2 aromatic rings. The summed E-state index contributed by atoms with van der Waals surface area (Å²) in [6.45, 7) is 1.76. The predicted molar refractivity (Wildman–Crippen MR) is 86.7 cm³/mol. The van der Waals surface area contributed by atoms with Crippen molar-refractivity contribution in [2.24, 2.45) is 5.73 Å². The Bertz CT molecular complexity index is 817. The largest absolute Gasteiger partial charge is 0.366 e. The second-order valence-corrected chi connectivity index (χ2v) is 7.20. The van der Waals surface area contributed by atoms with Gasteiger partial charge in [0.2, 0.25) is 5.91 Å². The van der Waals surface area contributed by atoms with Crippen molar-refractivity contribution >= 4 is 33.2 Å². The van der Waals surface area contributed by atoms with Crippen LogP contribution in [0.5, 0.6) is 0 Å². The molecule has 7 heteroatoms. The summed E-state index contributed by atoms with van der Waals surface area (Å²) in [5.41, 5.74) is 6.60. The van der Waals surface area contributed by atoms with E-state index < -0.39 is 15.9 Å². The van der Waals surface area contributed by atoms with Crippen LogP contribution >= 0.6 is 11.6 Å². The molecule has 22 heavy (non-hydrogen) atoms. The summed E-state index contributed by atoms with van der Waals surface area (Å²) in [5.74, 6) is -0.612. The molecule has 2 N–H and O–H groups in total. The normalized spacial score (nSPS) is 11.2. The number of anilines is 1. The zero-order chi connectivity index (χ0) is 16.5. The summed E-state index contributed by atoms with van der Waals surface area (Å²) in [6, 6.07) is 10.6.